The first kappa shape index (κ1) is 15.9. The van der Waals surface area contributed by atoms with Crippen LogP contribution in [0.15, 0.2) is 12.1 Å². The molecule has 0 aliphatic rings. The van der Waals surface area contributed by atoms with Crippen LogP contribution in [0.25, 0.3) is 0 Å². The van der Waals surface area contributed by atoms with E-state index in [2.05, 4.69) is 19.2 Å². The monoisotopic (exact) mass is 309 g/mol. The maximum absolute atomic E-state index is 6.02. The number of hydrogen-bond acceptors (Lipinski definition) is 2. The predicted molar refractivity (Wildman–Crippen MR) is 79.3 cm³/mol. The maximum Gasteiger partial charge on any atom is 0.156 e. The van der Waals surface area contributed by atoms with Gasteiger partial charge in [0.25, 0.3) is 0 Å². The summed E-state index contributed by atoms with van der Waals surface area (Å²) in [7, 11) is 0. The summed E-state index contributed by atoms with van der Waals surface area (Å²) in [5.74, 6) is 0.505. The van der Waals surface area contributed by atoms with Crippen LogP contribution in [0.3, 0.4) is 0 Å². The normalized spacial score (nSPS) is 12.5. The lowest BCUT2D eigenvalue weighted by Gasteiger charge is -2.15. The molecule has 0 saturated carbocycles. The lowest BCUT2D eigenvalue weighted by molar-refractivity contribution is 0.290. The summed E-state index contributed by atoms with van der Waals surface area (Å²) in [5.41, 5.74) is 0. The number of halogens is 3. The first-order valence-corrected chi connectivity index (χ1v) is 7.18. The Morgan fingerprint density at radius 1 is 1.22 bits per heavy atom. The van der Waals surface area contributed by atoms with Crippen LogP contribution >= 0.6 is 34.8 Å². The molecule has 0 aliphatic carbocycles. The van der Waals surface area contributed by atoms with E-state index in [4.69, 9.17) is 39.5 Å². The van der Waals surface area contributed by atoms with Crippen molar-refractivity contribution in [1.29, 1.82) is 0 Å². The zero-order chi connectivity index (χ0) is 13.5. The van der Waals surface area contributed by atoms with E-state index >= 15 is 0 Å². The van der Waals surface area contributed by atoms with Crippen molar-refractivity contribution < 1.29 is 4.74 Å². The zero-order valence-electron chi connectivity index (χ0n) is 10.6. The van der Waals surface area contributed by atoms with Gasteiger partial charge in [0, 0.05) is 11.1 Å². The lowest BCUT2D eigenvalue weighted by Crippen LogP contribution is -2.28. The summed E-state index contributed by atoms with van der Waals surface area (Å²) >= 11 is 17.9. The molecule has 0 aromatic heterocycles. The van der Waals surface area contributed by atoms with Gasteiger partial charge in [0.15, 0.2) is 5.75 Å². The van der Waals surface area contributed by atoms with Gasteiger partial charge >= 0.3 is 0 Å². The fourth-order valence-corrected chi connectivity index (χ4v) is 2.42. The van der Waals surface area contributed by atoms with Gasteiger partial charge in [-0.15, -0.1) is 0 Å². The van der Waals surface area contributed by atoms with Crippen LogP contribution < -0.4 is 10.1 Å². The Kier molecular flexibility index (Phi) is 7.16. The highest BCUT2D eigenvalue weighted by molar-refractivity contribution is 6.40. The fourth-order valence-electron chi connectivity index (χ4n) is 1.50. The quantitative estimate of drug-likeness (QED) is 0.781. The van der Waals surface area contributed by atoms with Crippen LogP contribution in [0.5, 0.6) is 5.75 Å². The topological polar surface area (TPSA) is 21.3 Å². The van der Waals surface area contributed by atoms with Crippen LogP contribution in [0, 0.1) is 0 Å². The molecule has 1 rings (SSSR count). The molecule has 0 bridgehead atoms. The molecule has 0 aliphatic heterocycles. The number of nitrogens with one attached hydrogen (secondary N) is 1. The van der Waals surface area contributed by atoms with E-state index in [-0.39, 0.29) is 0 Å². The Labute approximate surface area is 124 Å². The third-order valence-corrected chi connectivity index (χ3v) is 3.28. The molecule has 0 radical (unpaired) electrons. The first-order valence-electron chi connectivity index (χ1n) is 6.05. The van der Waals surface area contributed by atoms with Crippen molar-refractivity contribution in [2.75, 3.05) is 13.2 Å². The van der Waals surface area contributed by atoms with E-state index in [1.165, 1.54) is 0 Å². The van der Waals surface area contributed by atoms with Crippen molar-refractivity contribution in [2.24, 2.45) is 0 Å². The molecule has 0 amide bonds. The molecule has 0 fully saturated rings. The van der Waals surface area contributed by atoms with Gasteiger partial charge < -0.3 is 10.1 Å². The Bertz CT molecular complexity index is 361. The zero-order valence-corrected chi connectivity index (χ0v) is 12.9. The van der Waals surface area contributed by atoms with E-state index in [1.807, 2.05) is 0 Å². The maximum atomic E-state index is 6.02. The van der Waals surface area contributed by atoms with Crippen LogP contribution in [0.2, 0.25) is 15.1 Å². The summed E-state index contributed by atoms with van der Waals surface area (Å²) < 4.78 is 5.61. The summed E-state index contributed by atoms with van der Waals surface area (Å²) in [6.45, 7) is 5.86. The second-order valence-corrected chi connectivity index (χ2v) is 5.44. The summed E-state index contributed by atoms with van der Waals surface area (Å²) in [4.78, 5) is 0. The summed E-state index contributed by atoms with van der Waals surface area (Å²) in [6, 6.07) is 3.67. The second-order valence-electron chi connectivity index (χ2n) is 4.19. The minimum absolute atomic E-state index is 0.412. The van der Waals surface area contributed by atoms with Gasteiger partial charge in [-0.3, -0.25) is 0 Å². The molecule has 1 aromatic rings. The number of hydrogen-bond donors (Lipinski definition) is 1. The third-order valence-electron chi connectivity index (χ3n) is 2.50. The van der Waals surface area contributed by atoms with Gasteiger partial charge in [0.05, 0.1) is 16.7 Å². The van der Waals surface area contributed by atoms with Gasteiger partial charge in [-0.05, 0) is 38.4 Å². The molecule has 18 heavy (non-hydrogen) atoms. The molecule has 0 heterocycles. The third kappa shape index (κ3) is 5.23. The van der Waals surface area contributed by atoms with Gasteiger partial charge in [0.2, 0.25) is 0 Å². The smallest absolute Gasteiger partial charge is 0.156 e. The van der Waals surface area contributed by atoms with Crippen molar-refractivity contribution in [2.45, 2.75) is 32.7 Å². The average Bonchev–Trinajstić information content (AvgIpc) is 2.29. The highest BCUT2D eigenvalue weighted by atomic mass is 35.5. The average molecular weight is 311 g/mol. The molecule has 1 unspecified atom stereocenters. The Morgan fingerprint density at radius 3 is 2.39 bits per heavy atom. The van der Waals surface area contributed by atoms with E-state index < -0.39 is 0 Å². The molecule has 1 atom stereocenters. The van der Waals surface area contributed by atoms with E-state index in [0.29, 0.717) is 33.5 Å². The predicted octanol–water partition coefficient (Wildman–Crippen LogP) is 4.80. The number of benzene rings is 1. The van der Waals surface area contributed by atoms with Crippen molar-refractivity contribution in [3.8, 4) is 5.75 Å². The fraction of sp³-hybridized carbons (Fsp3) is 0.538. The SMILES string of the molecule is CCCNC(C)CCOc1c(Cl)cc(Cl)cc1Cl. The minimum atomic E-state index is 0.412. The molecule has 1 N–H and O–H groups in total. The van der Waals surface area contributed by atoms with Gasteiger partial charge in [-0.25, -0.2) is 0 Å². The molecule has 5 heteroatoms. The molecular weight excluding hydrogens is 293 g/mol. The minimum Gasteiger partial charge on any atom is -0.490 e. The Balaban J connectivity index is 2.44. The number of ether oxygens (including phenoxy) is 1. The molecule has 102 valence electrons. The van der Waals surface area contributed by atoms with E-state index in [0.717, 1.165) is 19.4 Å². The molecule has 1 aromatic carbocycles. The van der Waals surface area contributed by atoms with E-state index in [9.17, 15) is 0 Å². The molecule has 2 nitrogen and oxygen atoms in total. The van der Waals surface area contributed by atoms with Crippen LogP contribution in [-0.2, 0) is 0 Å². The highest BCUT2D eigenvalue weighted by Crippen LogP contribution is 2.35. The van der Waals surface area contributed by atoms with Crippen LogP contribution in [0.4, 0.5) is 0 Å². The largest absolute Gasteiger partial charge is 0.490 e. The molecule has 0 saturated heterocycles. The van der Waals surface area contributed by atoms with Crippen molar-refractivity contribution in [3.63, 3.8) is 0 Å². The highest BCUT2D eigenvalue weighted by Gasteiger charge is 2.09. The standard InChI is InChI=1S/C13H18Cl3NO/c1-3-5-17-9(2)4-6-18-13-11(15)7-10(14)8-12(13)16/h7-9,17H,3-6H2,1-2H3. The first-order chi connectivity index (χ1) is 8.54. The lowest BCUT2D eigenvalue weighted by atomic mass is 10.2. The van der Waals surface area contributed by atoms with Crippen LogP contribution in [-0.4, -0.2) is 19.2 Å². The van der Waals surface area contributed by atoms with Crippen molar-refractivity contribution in [1.82, 2.24) is 5.32 Å². The Morgan fingerprint density at radius 2 is 1.83 bits per heavy atom. The number of rotatable bonds is 7. The van der Waals surface area contributed by atoms with Gasteiger partial charge in [-0.2, -0.15) is 0 Å². The molecule has 0 spiro atoms. The second kappa shape index (κ2) is 8.11. The molecular formula is C13H18Cl3NO. The Hall–Kier alpha value is -0.150. The van der Waals surface area contributed by atoms with Crippen LogP contribution in [0.1, 0.15) is 26.7 Å². The van der Waals surface area contributed by atoms with Crippen molar-refractivity contribution in [3.05, 3.63) is 27.2 Å². The summed E-state index contributed by atoms with van der Waals surface area (Å²) in [5, 5.41) is 4.79. The van der Waals surface area contributed by atoms with Crippen molar-refractivity contribution >= 4 is 34.8 Å². The van der Waals surface area contributed by atoms with Gasteiger partial charge in [-0.1, -0.05) is 41.7 Å². The summed E-state index contributed by atoms with van der Waals surface area (Å²) in [6.07, 6.45) is 2.02. The van der Waals surface area contributed by atoms with E-state index in [1.54, 1.807) is 12.1 Å². The van der Waals surface area contributed by atoms with Gasteiger partial charge in [0.1, 0.15) is 0 Å².